The van der Waals surface area contributed by atoms with Crippen molar-refractivity contribution in [3.63, 3.8) is 0 Å². The largest absolute Gasteiger partial charge is 0.341 e. The fourth-order valence-corrected chi connectivity index (χ4v) is 4.02. The summed E-state index contributed by atoms with van der Waals surface area (Å²) < 4.78 is 13.5. The molecule has 2 atom stereocenters. The number of fused-ring (bicyclic) bond motifs is 2. The lowest BCUT2D eigenvalue weighted by Gasteiger charge is -2.24. The molecule has 0 aliphatic carbocycles. The first-order valence-electron chi connectivity index (χ1n) is 7.63. The van der Waals surface area contributed by atoms with Crippen LogP contribution in [-0.4, -0.2) is 41.7 Å². The number of amides is 1. The van der Waals surface area contributed by atoms with E-state index in [9.17, 15) is 9.18 Å². The third-order valence-corrected chi connectivity index (χ3v) is 5.34. The Morgan fingerprint density at radius 1 is 1.29 bits per heavy atom. The summed E-state index contributed by atoms with van der Waals surface area (Å²) in [5.41, 5.74) is 0. The maximum atomic E-state index is 13.5. The Labute approximate surface area is 129 Å². The Balaban J connectivity index is 1.47. The fourth-order valence-electron chi connectivity index (χ4n) is 3.14. The van der Waals surface area contributed by atoms with Crippen LogP contribution in [0.15, 0.2) is 29.2 Å². The maximum Gasteiger partial charge on any atom is 0.223 e. The number of halogens is 1. The molecule has 1 aromatic carbocycles. The molecule has 0 radical (unpaired) electrons. The first kappa shape index (κ1) is 14.9. The third-order valence-electron chi connectivity index (χ3n) is 4.29. The van der Waals surface area contributed by atoms with Gasteiger partial charge in [-0.1, -0.05) is 12.1 Å². The van der Waals surface area contributed by atoms with Crippen LogP contribution in [0.2, 0.25) is 0 Å². The van der Waals surface area contributed by atoms with E-state index >= 15 is 0 Å². The molecule has 21 heavy (non-hydrogen) atoms. The average Bonchev–Trinajstić information content (AvgIpc) is 2.80. The van der Waals surface area contributed by atoms with Gasteiger partial charge in [0, 0.05) is 42.2 Å². The van der Waals surface area contributed by atoms with E-state index in [4.69, 9.17) is 0 Å². The summed E-state index contributed by atoms with van der Waals surface area (Å²) >= 11 is 1.42. The highest BCUT2D eigenvalue weighted by atomic mass is 32.2. The van der Waals surface area contributed by atoms with Gasteiger partial charge < -0.3 is 10.2 Å². The van der Waals surface area contributed by atoms with Gasteiger partial charge in [-0.3, -0.25) is 4.79 Å². The van der Waals surface area contributed by atoms with E-state index in [1.807, 2.05) is 11.0 Å². The van der Waals surface area contributed by atoms with Gasteiger partial charge in [-0.25, -0.2) is 4.39 Å². The summed E-state index contributed by atoms with van der Waals surface area (Å²) in [5.74, 6) is 0.636. The van der Waals surface area contributed by atoms with Crippen molar-refractivity contribution >= 4 is 17.7 Å². The first-order valence-corrected chi connectivity index (χ1v) is 8.62. The first-order chi connectivity index (χ1) is 10.2. The number of rotatable bonds is 4. The molecule has 114 valence electrons. The molecule has 3 nitrogen and oxygen atoms in total. The van der Waals surface area contributed by atoms with E-state index in [0.717, 1.165) is 19.5 Å². The van der Waals surface area contributed by atoms with Crippen LogP contribution in [0, 0.1) is 5.82 Å². The predicted molar refractivity (Wildman–Crippen MR) is 82.9 cm³/mol. The zero-order chi connectivity index (χ0) is 14.7. The number of nitrogens with zero attached hydrogens (tertiary/aromatic N) is 1. The Morgan fingerprint density at radius 3 is 2.95 bits per heavy atom. The number of carbonyl (C=O) groups is 1. The van der Waals surface area contributed by atoms with Crippen molar-refractivity contribution in [2.24, 2.45) is 0 Å². The highest BCUT2D eigenvalue weighted by Crippen LogP contribution is 2.23. The van der Waals surface area contributed by atoms with E-state index in [-0.39, 0.29) is 11.7 Å². The van der Waals surface area contributed by atoms with Crippen LogP contribution in [0.5, 0.6) is 0 Å². The van der Waals surface area contributed by atoms with Crippen LogP contribution >= 0.6 is 11.8 Å². The summed E-state index contributed by atoms with van der Waals surface area (Å²) in [7, 11) is 0. The molecule has 2 bridgehead atoms. The Hall–Kier alpha value is -1.07. The smallest absolute Gasteiger partial charge is 0.223 e. The molecule has 2 fully saturated rings. The molecule has 2 unspecified atom stereocenters. The van der Waals surface area contributed by atoms with Crippen molar-refractivity contribution in [2.45, 2.75) is 42.7 Å². The third kappa shape index (κ3) is 3.77. The van der Waals surface area contributed by atoms with E-state index in [1.165, 1.54) is 30.7 Å². The molecule has 1 amide bonds. The van der Waals surface area contributed by atoms with Crippen LogP contribution in [-0.2, 0) is 4.79 Å². The highest BCUT2D eigenvalue weighted by Gasteiger charge is 2.30. The number of nitrogens with one attached hydrogen (secondary N) is 1. The quantitative estimate of drug-likeness (QED) is 0.868. The second kappa shape index (κ2) is 6.79. The van der Waals surface area contributed by atoms with Gasteiger partial charge in [0.25, 0.3) is 0 Å². The summed E-state index contributed by atoms with van der Waals surface area (Å²) in [6.45, 7) is 1.69. The minimum absolute atomic E-state index is 0.202. The normalized spacial score (nSPS) is 24.9. The number of benzene rings is 1. The van der Waals surface area contributed by atoms with Gasteiger partial charge in [-0.2, -0.15) is 0 Å². The Kier molecular flexibility index (Phi) is 4.80. The van der Waals surface area contributed by atoms with Crippen molar-refractivity contribution < 1.29 is 9.18 Å². The van der Waals surface area contributed by atoms with Gasteiger partial charge in [-0.05, 0) is 31.4 Å². The Bertz CT molecular complexity index is 511. The molecule has 1 aromatic rings. The van der Waals surface area contributed by atoms with Crippen LogP contribution in [0.4, 0.5) is 4.39 Å². The van der Waals surface area contributed by atoms with Gasteiger partial charge in [-0.15, -0.1) is 11.8 Å². The zero-order valence-electron chi connectivity index (χ0n) is 12.1. The highest BCUT2D eigenvalue weighted by molar-refractivity contribution is 7.99. The molecule has 2 aliphatic heterocycles. The second-order valence-electron chi connectivity index (χ2n) is 5.80. The van der Waals surface area contributed by atoms with Gasteiger partial charge in [0.1, 0.15) is 5.82 Å². The molecule has 2 saturated heterocycles. The van der Waals surface area contributed by atoms with Crippen molar-refractivity contribution in [1.29, 1.82) is 0 Å². The van der Waals surface area contributed by atoms with E-state index in [1.54, 1.807) is 12.1 Å². The molecule has 2 aliphatic rings. The lowest BCUT2D eigenvalue weighted by Crippen LogP contribution is -2.39. The van der Waals surface area contributed by atoms with Crippen LogP contribution in [0.1, 0.15) is 25.7 Å². The van der Waals surface area contributed by atoms with Crippen LogP contribution in [0.3, 0.4) is 0 Å². The van der Waals surface area contributed by atoms with Gasteiger partial charge >= 0.3 is 0 Å². The van der Waals surface area contributed by atoms with E-state index in [2.05, 4.69) is 5.32 Å². The lowest BCUT2D eigenvalue weighted by molar-refractivity contribution is -0.130. The van der Waals surface area contributed by atoms with E-state index in [0.29, 0.717) is 29.2 Å². The molecule has 0 saturated carbocycles. The minimum Gasteiger partial charge on any atom is -0.341 e. The molecule has 0 aromatic heterocycles. The van der Waals surface area contributed by atoms with Gasteiger partial charge in [0.05, 0.1) is 0 Å². The van der Waals surface area contributed by atoms with E-state index < -0.39 is 0 Å². The van der Waals surface area contributed by atoms with Crippen molar-refractivity contribution in [3.8, 4) is 0 Å². The van der Waals surface area contributed by atoms with Crippen molar-refractivity contribution in [2.75, 3.05) is 18.8 Å². The number of likely N-dealkylation sites (tertiary alicyclic amines) is 1. The van der Waals surface area contributed by atoms with Gasteiger partial charge in [0.2, 0.25) is 5.91 Å². The summed E-state index contributed by atoms with van der Waals surface area (Å²) in [6.07, 6.45) is 3.97. The molecule has 0 spiro atoms. The van der Waals surface area contributed by atoms with Gasteiger partial charge in [0.15, 0.2) is 0 Å². The average molecular weight is 308 g/mol. The predicted octanol–water partition coefficient (Wildman–Crippen LogP) is 2.66. The molecule has 2 heterocycles. The monoisotopic (exact) mass is 308 g/mol. The summed E-state index contributed by atoms with van der Waals surface area (Å²) in [6, 6.07) is 7.80. The lowest BCUT2D eigenvalue weighted by atomic mass is 10.1. The number of carbonyl (C=O) groups excluding carboxylic acids is 1. The number of hydrogen-bond donors (Lipinski definition) is 1. The molecule has 5 heteroatoms. The maximum absolute atomic E-state index is 13.5. The molecule has 3 rings (SSSR count). The number of hydrogen-bond acceptors (Lipinski definition) is 3. The zero-order valence-corrected chi connectivity index (χ0v) is 12.9. The summed E-state index contributed by atoms with van der Waals surface area (Å²) in [5, 5.41) is 3.58. The van der Waals surface area contributed by atoms with Crippen LogP contribution < -0.4 is 5.32 Å². The fraction of sp³-hybridized carbons (Fsp3) is 0.562. The van der Waals surface area contributed by atoms with Crippen molar-refractivity contribution in [3.05, 3.63) is 30.1 Å². The standard InChI is InChI=1S/C16H21FN2OS/c17-14-3-1-2-4-15(14)21-10-8-16(20)19-9-7-12-5-6-13(11-19)18-12/h1-4,12-13,18H,5-11H2. The Morgan fingerprint density at radius 2 is 2.10 bits per heavy atom. The van der Waals surface area contributed by atoms with Crippen LogP contribution in [0.25, 0.3) is 0 Å². The second-order valence-corrected chi connectivity index (χ2v) is 6.93. The SMILES string of the molecule is O=C(CCSc1ccccc1F)N1CCC2CCC(C1)N2. The number of thioether (sulfide) groups is 1. The molecule has 1 N–H and O–H groups in total. The topological polar surface area (TPSA) is 32.3 Å². The molecular weight excluding hydrogens is 287 g/mol. The minimum atomic E-state index is -0.203. The molecular formula is C16H21FN2OS. The van der Waals surface area contributed by atoms with Crippen molar-refractivity contribution in [1.82, 2.24) is 10.2 Å². The summed E-state index contributed by atoms with van der Waals surface area (Å²) in [4.78, 5) is 14.9.